The first-order valence-corrected chi connectivity index (χ1v) is 5.15. The van der Waals surface area contributed by atoms with Crippen LogP contribution in [-0.4, -0.2) is 0 Å². The molecular formula is C13H11NO. The van der Waals surface area contributed by atoms with Crippen LogP contribution in [-0.2, 0) is 5.41 Å². The zero-order valence-electron chi connectivity index (χ0n) is 8.58. The van der Waals surface area contributed by atoms with Crippen molar-refractivity contribution in [1.82, 2.24) is 0 Å². The van der Waals surface area contributed by atoms with Crippen LogP contribution in [0.5, 0.6) is 0 Å². The predicted octanol–water partition coefficient (Wildman–Crippen LogP) is 3.30. The maximum atomic E-state index is 9.11. The number of aryl methyl sites for hydroxylation is 1. The molecule has 0 radical (unpaired) electrons. The predicted molar refractivity (Wildman–Crippen MR) is 57.5 cm³/mol. The number of hydrogen-bond donors (Lipinski definition) is 0. The number of fused-ring (bicyclic) bond motifs is 1. The van der Waals surface area contributed by atoms with Crippen molar-refractivity contribution in [2.24, 2.45) is 0 Å². The molecule has 1 fully saturated rings. The fourth-order valence-corrected chi connectivity index (χ4v) is 2.06. The molecule has 1 aliphatic rings. The van der Waals surface area contributed by atoms with E-state index in [1.807, 2.05) is 25.1 Å². The molecule has 3 rings (SSSR count). The first kappa shape index (κ1) is 8.55. The van der Waals surface area contributed by atoms with Gasteiger partial charge in [0.05, 0.1) is 11.5 Å². The van der Waals surface area contributed by atoms with Crippen LogP contribution in [0.1, 0.15) is 24.2 Å². The number of hydrogen-bond acceptors (Lipinski definition) is 2. The van der Waals surface area contributed by atoms with E-state index in [4.69, 9.17) is 9.68 Å². The van der Waals surface area contributed by atoms with Gasteiger partial charge in [0.1, 0.15) is 11.3 Å². The van der Waals surface area contributed by atoms with Crippen LogP contribution >= 0.6 is 0 Å². The molecule has 1 aromatic carbocycles. The van der Waals surface area contributed by atoms with Crippen molar-refractivity contribution >= 4 is 11.0 Å². The topological polar surface area (TPSA) is 36.9 Å². The van der Waals surface area contributed by atoms with Crippen LogP contribution in [0.4, 0.5) is 0 Å². The fourth-order valence-electron chi connectivity index (χ4n) is 2.06. The molecule has 1 aromatic heterocycles. The van der Waals surface area contributed by atoms with Crippen molar-refractivity contribution in [3.8, 4) is 6.07 Å². The van der Waals surface area contributed by atoms with Crippen molar-refractivity contribution in [3.05, 3.63) is 35.6 Å². The van der Waals surface area contributed by atoms with Gasteiger partial charge in [-0.3, -0.25) is 0 Å². The summed E-state index contributed by atoms with van der Waals surface area (Å²) in [4.78, 5) is 0. The SMILES string of the molecule is Cc1cc2cc(C3(C#N)CC3)ccc2o1. The molecule has 2 heteroatoms. The standard InChI is InChI=1S/C13H11NO/c1-9-6-10-7-11(2-3-12(10)15-9)13(8-14)4-5-13/h2-3,6-7H,4-5H2,1H3. The molecule has 0 atom stereocenters. The lowest BCUT2D eigenvalue weighted by Gasteiger charge is -2.04. The Labute approximate surface area is 88.1 Å². The minimum absolute atomic E-state index is 0.195. The van der Waals surface area contributed by atoms with E-state index >= 15 is 0 Å². The van der Waals surface area contributed by atoms with Gasteiger partial charge in [-0.1, -0.05) is 6.07 Å². The molecule has 1 saturated carbocycles. The Morgan fingerprint density at radius 2 is 2.13 bits per heavy atom. The van der Waals surface area contributed by atoms with Gasteiger partial charge in [-0.05, 0) is 43.5 Å². The lowest BCUT2D eigenvalue weighted by molar-refractivity contribution is 0.578. The number of rotatable bonds is 1. The van der Waals surface area contributed by atoms with Crippen molar-refractivity contribution in [3.63, 3.8) is 0 Å². The Kier molecular flexibility index (Phi) is 1.50. The average Bonchev–Trinajstić information content (AvgIpc) is 2.94. The summed E-state index contributed by atoms with van der Waals surface area (Å²) in [7, 11) is 0. The van der Waals surface area contributed by atoms with Crippen molar-refractivity contribution < 1.29 is 4.42 Å². The highest BCUT2D eigenvalue weighted by atomic mass is 16.3. The van der Waals surface area contributed by atoms with E-state index in [1.165, 1.54) is 0 Å². The molecule has 0 unspecified atom stereocenters. The fraction of sp³-hybridized carbons (Fsp3) is 0.308. The van der Waals surface area contributed by atoms with Gasteiger partial charge in [-0.15, -0.1) is 0 Å². The van der Waals surface area contributed by atoms with Gasteiger partial charge in [0, 0.05) is 5.39 Å². The molecular weight excluding hydrogens is 186 g/mol. The molecule has 1 heterocycles. The largest absolute Gasteiger partial charge is 0.461 e. The molecule has 0 amide bonds. The Balaban J connectivity index is 2.18. The molecule has 15 heavy (non-hydrogen) atoms. The summed E-state index contributed by atoms with van der Waals surface area (Å²) in [6.07, 6.45) is 1.98. The van der Waals surface area contributed by atoms with Gasteiger partial charge < -0.3 is 4.42 Å². The summed E-state index contributed by atoms with van der Waals surface area (Å²) in [5, 5.41) is 10.2. The molecule has 0 saturated heterocycles. The van der Waals surface area contributed by atoms with Crippen molar-refractivity contribution in [2.75, 3.05) is 0 Å². The normalized spacial score (nSPS) is 17.6. The molecule has 1 aliphatic carbocycles. The molecule has 0 bridgehead atoms. The van der Waals surface area contributed by atoms with Crippen LogP contribution in [0.25, 0.3) is 11.0 Å². The number of nitriles is 1. The third-order valence-corrected chi connectivity index (χ3v) is 3.16. The third-order valence-electron chi connectivity index (χ3n) is 3.16. The van der Waals surface area contributed by atoms with Gasteiger partial charge in [-0.2, -0.15) is 5.26 Å². The smallest absolute Gasteiger partial charge is 0.134 e. The van der Waals surface area contributed by atoms with Gasteiger partial charge >= 0.3 is 0 Å². The number of benzene rings is 1. The van der Waals surface area contributed by atoms with E-state index in [9.17, 15) is 0 Å². The summed E-state index contributed by atoms with van der Waals surface area (Å²) < 4.78 is 5.51. The summed E-state index contributed by atoms with van der Waals surface area (Å²) in [5.74, 6) is 0.920. The van der Waals surface area contributed by atoms with Crippen LogP contribution < -0.4 is 0 Å². The van der Waals surface area contributed by atoms with E-state index in [0.29, 0.717) is 0 Å². The molecule has 2 aromatic rings. The van der Waals surface area contributed by atoms with Crippen LogP contribution in [0, 0.1) is 18.3 Å². The highest BCUT2D eigenvalue weighted by molar-refractivity contribution is 5.79. The summed E-state index contributed by atoms with van der Waals surface area (Å²) in [6, 6.07) is 10.5. The minimum Gasteiger partial charge on any atom is -0.461 e. The quantitative estimate of drug-likeness (QED) is 0.703. The first-order chi connectivity index (χ1) is 7.23. The van der Waals surface area contributed by atoms with Gasteiger partial charge in [-0.25, -0.2) is 0 Å². The maximum Gasteiger partial charge on any atom is 0.134 e. The second-order valence-electron chi connectivity index (χ2n) is 4.30. The summed E-state index contributed by atoms with van der Waals surface area (Å²) >= 11 is 0. The Bertz CT molecular complexity index is 570. The number of furan rings is 1. The van der Waals surface area contributed by atoms with Gasteiger partial charge in [0.15, 0.2) is 0 Å². The first-order valence-electron chi connectivity index (χ1n) is 5.15. The van der Waals surface area contributed by atoms with Crippen LogP contribution in [0.2, 0.25) is 0 Å². The van der Waals surface area contributed by atoms with Crippen LogP contribution in [0.3, 0.4) is 0 Å². The lowest BCUT2D eigenvalue weighted by Crippen LogP contribution is -2.01. The van der Waals surface area contributed by atoms with E-state index in [1.54, 1.807) is 0 Å². The summed E-state index contributed by atoms with van der Waals surface area (Å²) in [6.45, 7) is 1.94. The lowest BCUT2D eigenvalue weighted by atomic mass is 9.97. The zero-order valence-corrected chi connectivity index (χ0v) is 8.58. The Hall–Kier alpha value is -1.75. The molecule has 74 valence electrons. The zero-order chi connectivity index (χ0) is 10.5. The van der Waals surface area contributed by atoms with E-state index in [-0.39, 0.29) is 5.41 Å². The summed E-state index contributed by atoms with van der Waals surface area (Å²) in [5.41, 5.74) is 1.85. The highest BCUT2D eigenvalue weighted by Crippen LogP contribution is 2.48. The van der Waals surface area contributed by atoms with E-state index < -0.39 is 0 Å². The average molecular weight is 197 g/mol. The maximum absolute atomic E-state index is 9.11. The Morgan fingerprint density at radius 1 is 1.33 bits per heavy atom. The molecule has 0 N–H and O–H groups in total. The van der Waals surface area contributed by atoms with E-state index in [0.717, 1.165) is 35.1 Å². The monoisotopic (exact) mass is 197 g/mol. The second kappa shape index (κ2) is 2.64. The van der Waals surface area contributed by atoms with Gasteiger partial charge in [0.25, 0.3) is 0 Å². The highest BCUT2D eigenvalue weighted by Gasteiger charge is 2.44. The molecule has 0 spiro atoms. The molecule has 0 aliphatic heterocycles. The van der Waals surface area contributed by atoms with Crippen LogP contribution in [0.15, 0.2) is 28.7 Å². The third kappa shape index (κ3) is 1.16. The second-order valence-corrected chi connectivity index (χ2v) is 4.30. The minimum atomic E-state index is -0.195. The molecule has 2 nitrogen and oxygen atoms in total. The van der Waals surface area contributed by atoms with Crippen molar-refractivity contribution in [2.45, 2.75) is 25.2 Å². The van der Waals surface area contributed by atoms with E-state index in [2.05, 4.69) is 12.1 Å². The number of nitrogens with zero attached hydrogens (tertiary/aromatic N) is 1. The van der Waals surface area contributed by atoms with Gasteiger partial charge in [0.2, 0.25) is 0 Å². The van der Waals surface area contributed by atoms with Crippen molar-refractivity contribution in [1.29, 1.82) is 5.26 Å². The Morgan fingerprint density at radius 3 is 2.80 bits per heavy atom.